The maximum Gasteiger partial charge on any atom is 0.291 e. The molecule has 1 N–H and O–H groups in total. The van der Waals surface area contributed by atoms with Crippen molar-refractivity contribution in [1.29, 1.82) is 0 Å². The van der Waals surface area contributed by atoms with Crippen LogP contribution in [-0.2, 0) is 6.42 Å². The summed E-state index contributed by atoms with van der Waals surface area (Å²) in [6.45, 7) is 6.01. The zero-order chi connectivity index (χ0) is 21.1. The summed E-state index contributed by atoms with van der Waals surface area (Å²) < 4.78 is 5.29. The van der Waals surface area contributed by atoms with Gasteiger partial charge in [0.2, 0.25) is 0 Å². The first kappa shape index (κ1) is 21.1. The van der Waals surface area contributed by atoms with Gasteiger partial charge >= 0.3 is 0 Å². The normalized spacial score (nSPS) is 16.5. The highest BCUT2D eigenvalue weighted by Gasteiger charge is 2.30. The van der Waals surface area contributed by atoms with Crippen molar-refractivity contribution in [3.8, 4) is 0 Å². The summed E-state index contributed by atoms with van der Waals surface area (Å²) in [6.07, 6.45) is 2.42. The van der Waals surface area contributed by atoms with Crippen LogP contribution in [0, 0.1) is 0 Å². The molecule has 1 fully saturated rings. The average molecular weight is 444 g/mol. The van der Waals surface area contributed by atoms with Crippen LogP contribution in [-0.4, -0.2) is 48.9 Å². The summed E-state index contributed by atoms with van der Waals surface area (Å²) in [4.78, 5) is 18.8. The van der Waals surface area contributed by atoms with E-state index in [-0.39, 0.29) is 11.9 Å². The Morgan fingerprint density at radius 2 is 1.93 bits per heavy atom. The van der Waals surface area contributed by atoms with E-state index in [1.54, 1.807) is 23.5 Å². The lowest BCUT2D eigenvalue weighted by molar-refractivity contribution is 0.0996. The Labute approximate surface area is 186 Å². The highest BCUT2D eigenvalue weighted by molar-refractivity contribution is 7.16. The summed E-state index contributed by atoms with van der Waals surface area (Å²) in [5, 5.41) is 4.69. The van der Waals surface area contributed by atoms with Crippen molar-refractivity contribution < 1.29 is 9.21 Å². The van der Waals surface area contributed by atoms with Crippen molar-refractivity contribution in [1.82, 2.24) is 9.80 Å². The quantitative estimate of drug-likeness (QED) is 0.572. The molecule has 1 amide bonds. The van der Waals surface area contributed by atoms with Gasteiger partial charge in [-0.25, -0.2) is 0 Å². The lowest BCUT2D eigenvalue weighted by atomic mass is 9.97. The van der Waals surface area contributed by atoms with E-state index in [1.807, 2.05) is 18.2 Å². The molecule has 1 atom stereocenters. The monoisotopic (exact) mass is 443 g/mol. The lowest BCUT2D eigenvalue weighted by Gasteiger charge is -2.38. The van der Waals surface area contributed by atoms with Crippen LogP contribution in [0.2, 0.25) is 5.02 Å². The molecule has 3 heterocycles. The van der Waals surface area contributed by atoms with E-state index in [0.29, 0.717) is 5.76 Å². The molecule has 0 spiro atoms. The molecular formula is C23H26ClN3O2S. The number of hydrogen-bond acceptors (Lipinski definition) is 5. The summed E-state index contributed by atoms with van der Waals surface area (Å²) in [5.41, 5.74) is 2.16. The fourth-order valence-electron chi connectivity index (χ4n) is 3.84. The summed E-state index contributed by atoms with van der Waals surface area (Å²) >= 11 is 8.29. The Kier molecular flexibility index (Phi) is 6.58. The molecule has 7 heteroatoms. The number of furan rings is 1. The summed E-state index contributed by atoms with van der Waals surface area (Å²) in [6, 6.07) is 13.6. The van der Waals surface area contributed by atoms with Crippen molar-refractivity contribution in [2.75, 3.05) is 38.5 Å². The van der Waals surface area contributed by atoms with E-state index in [2.05, 4.69) is 41.2 Å². The number of aryl methyl sites for hydroxylation is 1. The van der Waals surface area contributed by atoms with Crippen molar-refractivity contribution >= 4 is 33.8 Å². The van der Waals surface area contributed by atoms with Gasteiger partial charge < -0.3 is 14.6 Å². The molecule has 3 aromatic rings. The van der Waals surface area contributed by atoms with Gasteiger partial charge in [0.05, 0.1) is 12.3 Å². The Morgan fingerprint density at radius 1 is 1.17 bits per heavy atom. The number of rotatable bonds is 6. The number of nitrogens with one attached hydrogen (secondary N) is 1. The van der Waals surface area contributed by atoms with Crippen molar-refractivity contribution in [2.45, 2.75) is 19.4 Å². The van der Waals surface area contributed by atoms with E-state index in [1.165, 1.54) is 11.1 Å². The second-order valence-corrected chi connectivity index (χ2v) is 9.09. The number of carbonyl (C=O) groups is 1. The van der Waals surface area contributed by atoms with Crippen molar-refractivity contribution in [2.24, 2.45) is 0 Å². The molecule has 1 unspecified atom stereocenters. The van der Waals surface area contributed by atoms with Crippen LogP contribution >= 0.6 is 22.9 Å². The Hall–Kier alpha value is -2.12. The number of hydrogen-bond donors (Lipinski definition) is 1. The fraction of sp³-hybridized carbons (Fsp3) is 0.348. The number of amides is 1. The topological polar surface area (TPSA) is 48.7 Å². The summed E-state index contributed by atoms with van der Waals surface area (Å²) in [5.74, 6) is 0.0725. The van der Waals surface area contributed by atoms with Crippen LogP contribution in [0.25, 0.3) is 0 Å². The van der Waals surface area contributed by atoms with Crippen LogP contribution < -0.4 is 5.32 Å². The van der Waals surface area contributed by atoms with Crippen LogP contribution in [0.5, 0.6) is 0 Å². The zero-order valence-corrected chi connectivity index (χ0v) is 18.8. The predicted octanol–water partition coefficient (Wildman–Crippen LogP) is 5.15. The standard InChI is InChI=1S/C23H26ClN3O2S/c1-3-16-15-18(23(30-16)25-22(28)20-9-6-14-29-20)21(17-7-4-5-8-19(17)24)27-12-10-26(2)11-13-27/h4-9,14-15,21H,3,10-13H2,1-2H3,(H,25,28). The minimum atomic E-state index is -0.234. The van der Waals surface area contributed by atoms with E-state index in [9.17, 15) is 4.79 Å². The molecule has 1 saturated heterocycles. The van der Waals surface area contributed by atoms with E-state index >= 15 is 0 Å². The molecule has 5 nitrogen and oxygen atoms in total. The number of anilines is 1. The molecule has 0 aliphatic carbocycles. The molecule has 1 aliphatic heterocycles. The van der Waals surface area contributed by atoms with Crippen molar-refractivity contribution in [3.63, 3.8) is 0 Å². The highest BCUT2D eigenvalue weighted by Crippen LogP contribution is 2.41. The number of piperazine rings is 1. The van der Waals surface area contributed by atoms with Gasteiger partial charge in [-0.05, 0) is 43.3 Å². The first-order valence-corrected chi connectivity index (χ1v) is 11.4. The van der Waals surface area contributed by atoms with Gasteiger partial charge in [-0.2, -0.15) is 0 Å². The minimum absolute atomic E-state index is 0.0177. The minimum Gasteiger partial charge on any atom is -0.459 e. The third kappa shape index (κ3) is 4.47. The van der Waals surface area contributed by atoms with Crippen molar-refractivity contribution in [3.05, 3.63) is 75.5 Å². The maximum absolute atomic E-state index is 12.7. The zero-order valence-electron chi connectivity index (χ0n) is 17.2. The highest BCUT2D eigenvalue weighted by atomic mass is 35.5. The largest absolute Gasteiger partial charge is 0.459 e. The van der Waals surface area contributed by atoms with E-state index < -0.39 is 0 Å². The van der Waals surface area contributed by atoms with E-state index in [0.717, 1.165) is 53.8 Å². The first-order chi connectivity index (χ1) is 14.6. The van der Waals surface area contributed by atoms with Gasteiger partial charge in [0, 0.05) is 41.6 Å². The Bertz CT molecular complexity index is 994. The molecule has 0 saturated carbocycles. The molecule has 158 valence electrons. The third-order valence-corrected chi connectivity index (χ3v) is 7.08. The fourth-order valence-corrected chi connectivity index (χ4v) is 5.11. The molecule has 1 aromatic carbocycles. The first-order valence-electron chi connectivity index (χ1n) is 10.2. The number of nitrogens with zero attached hydrogens (tertiary/aromatic N) is 2. The number of halogens is 1. The maximum atomic E-state index is 12.7. The molecular weight excluding hydrogens is 418 g/mol. The molecule has 0 radical (unpaired) electrons. The van der Waals surface area contributed by atoms with Gasteiger partial charge in [-0.15, -0.1) is 11.3 Å². The van der Waals surface area contributed by atoms with Crippen LogP contribution in [0.4, 0.5) is 5.00 Å². The Morgan fingerprint density at radius 3 is 2.60 bits per heavy atom. The number of carbonyl (C=O) groups excluding carboxylic acids is 1. The molecule has 1 aliphatic rings. The molecule has 30 heavy (non-hydrogen) atoms. The van der Waals surface area contributed by atoms with E-state index in [4.69, 9.17) is 16.0 Å². The van der Waals surface area contributed by atoms with Gasteiger partial charge in [0.25, 0.3) is 5.91 Å². The number of likely N-dealkylation sites (N-methyl/N-ethyl adjacent to an activating group) is 1. The Balaban J connectivity index is 1.75. The number of thiophene rings is 1. The second kappa shape index (κ2) is 9.35. The molecule has 2 aromatic heterocycles. The van der Waals surface area contributed by atoms with Gasteiger partial charge in [0.1, 0.15) is 5.00 Å². The molecule has 0 bridgehead atoms. The molecule has 4 rings (SSSR count). The van der Waals surface area contributed by atoms with Gasteiger partial charge in [0.15, 0.2) is 5.76 Å². The van der Waals surface area contributed by atoms with Gasteiger partial charge in [-0.1, -0.05) is 36.7 Å². The second-order valence-electron chi connectivity index (χ2n) is 7.55. The smallest absolute Gasteiger partial charge is 0.291 e. The van der Waals surface area contributed by atoms with Crippen LogP contribution in [0.1, 0.15) is 39.5 Å². The third-order valence-electron chi connectivity index (χ3n) is 5.53. The van der Waals surface area contributed by atoms with Gasteiger partial charge in [-0.3, -0.25) is 9.69 Å². The summed E-state index contributed by atoms with van der Waals surface area (Å²) in [7, 11) is 2.15. The average Bonchev–Trinajstić information content (AvgIpc) is 3.42. The van der Waals surface area contributed by atoms with Crippen LogP contribution in [0.15, 0.2) is 53.1 Å². The lowest BCUT2D eigenvalue weighted by Crippen LogP contribution is -2.46. The predicted molar refractivity (Wildman–Crippen MR) is 123 cm³/mol. The number of benzene rings is 1. The SMILES string of the molecule is CCc1cc(C(c2ccccc2Cl)N2CCN(C)CC2)c(NC(=O)c2ccco2)s1. The van der Waals surface area contributed by atoms with Crippen LogP contribution in [0.3, 0.4) is 0 Å².